The fourth-order valence-electron chi connectivity index (χ4n) is 0.880. The summed E-state index contributed by atoms with van der Waals surface area (Å²) >= 11 is 0. The van der Waals surface area contributed by atoms with Crippen LogP contribution in [0.1, 0.15) is 45.4 Å². The van der Waals surface area contributed by atoms with Gasteiger partial charge in [-0.3, -0.25) is 9.59 Å². The third-order valence-electron chi connectivity index (χ3n) is 1.67. The standard InChI is InChI=1S/C8H16O2.C2H5NO2/c1-2-3-4-5-6-7-8(9)10;3-1-2(4)5/h2-7H2,1H3,(H,9,10);1,3H2,(H,4,5). The van der Waals surface area contributed by atoms with Crippen molar-refractivity contribution in [1.29, 1.82) is 0 Å². The molecule has 15 heavy (non-hydrogen) atoms. The SMILES string of the molecule is CCCCCCCC(=O)O.NCC(=O)O. The smallest absolute Gasteiger partial charge is 0.317 e. The molecule has 0 aromatic rings. The lowest BCUT2D eigenvalue weighted by molar-refractivity contribution is -0.137. The van der Waals surface area contributed by atoms with Crippen molar-refractivity contribution in [1.82, 2.24) is 0 Å². The Labute approximate surface area is 90.3 Å². The zero-order chi connectivity index (χ0) is 12.1. The molecule has 5 heteroatoms. The predicted octanol–water partition coefficient (Wildman–Crippen LogP) is 1.46. The molecule has 0 radical (unpaired) electrons. The summed E-state index contributed by atoms with van der Waals surface area (Å²) in [7, 11) is 0. The Kier molecular flexibility index (Phi) is 14.0. The second-order valence-electron chi connectivity index (χ2n) is 3.16. The first kappa shape index (κ1) is 16.3. The molecule has 0 aliphatic carbocycles. The van der Waals surface area contributed by atoms with Crippen molar-refractivity contribution in [3.63, 3.8) is 0 Å². The number of rotatable bonds is 7. The maximum Gasteiger partial charge on any atom is 0.317 e. The molecule has 0 aromatic heterocycles. The highest BCUT2D eigenvalue weighted by atomic mass is 16.4. The van der Waals surface area contributed by atoms with E-state index < -0.39 is 11.9 Å². The number of carboxylic acid groups (broad SMARTS) is 2. The molecule has 0 saturated heterocycles. The number of nitrogens with two attached hydrogens (primary N) is 1. The van der Waals surface area contributed by atoms with E-state index in [9.17, 15) is 9.59 Å². The average molecular weight is 219 g/mol. The molecule has 0 aliphatic rings. The zero-order valence-electron chi connectivity index (χ0n) is 9.24. The minimum absolute atomic E-state index is 0.278. The molecular formula is C10H21NO4. The maximum atomic E-state index is 10.0. The predicted molar refractivity (Wildman–Crippen MR) is 57.7 cm³/mol. The molecule has 0 bridgehead atoms. The lowest BCUT2D eigenvalue weighted by Crippen LogP contribution is -2.10. The van der Waals surface area contributed by atoms with Crippen LogP contribution in [-0.2, 0) is 9.59 Å². The van der Waals surface area contributed by atoms with Gasteiger partial charge in [0.05, 0.1) is 6.54 Å². The summed E-state index contributed by atoms with van der Waals surface area (Å²) in [6, 6.07) is 0. The van der Waals surface area contributed by atoms with Gasteiger partial charge in [-0.05, 0) is 6.42 Å². The average Bonchev–Trinajstić information content (AvgIpc) is 2.18. The van der Waals surface area contributed by atoms with Crippen molar-refractivity contribution in [3.8, 4) is 0 Å². The molecule has 0 saturated carbocycles. The van der Waals surface area contributed by atoms with Crippen molar-refractivity contribution in [2.24, 2.45) is 5.73 Å². The fourth-order valence-corrected chi connectivity index (χ4v) is 0.880. The van der Waals surface area contributed by atoms with E-state index >= 15 is 0 Å². The van der Waals surface area contributed by atoms with Crippen LogP contribution in [0, 0.1) is 0 Å². The summed E-state index contributed by atoms with van der Waals surface area (Å²) in [4.78, 5) is 19.3. The highest BCUT2D eigenvalue weighted by Crippen LogP contribution is 2.04. The van der Waals surface area contributed by atoms with Crippen LogP contribution in [0.2, 0.25) is 0 Å². The van der Waals surface area contributed by atoms with Crippen molar-refractivity contribution in [3.05, 3.63) is 0 Å². The summed E-state index contributed by atoms with van der Waals surface area (Å²) in [6.07, 6.45) is 5.88. The zero-order valence-corrected chi connectivity index (χ0v) is 9.24. The number of carboxylic acids is 2. The second kappa shape index (κ2) is 12.9. The van der Waals surface area contributed by atoms with E-state index in [1.54, 1.807) is 0 Å². The first-order valence-electron chi connectivity index (χ1n) is 5.18. The van der Waals surface area contributed by atoms with Crippen LogP contribution in [0.25, 0.3) is 0 Å². The summed E-state index contributed by atoms with van der Waals surface area (Å²) in [6.45, 7) is 1.87. The molecule has 0 fully saturated rings. The van der Waals surface area contributed by atoms with Crippen LogP contribution >= 0.6 is 0 Å². The quantitative estimate of drug-likeness (QED) is 0.563. The molecule has 0 atom stereocenters. The van der Waals surface area contributed by atoms with E-state index in [2.05, 4.69) is 12.7 Å². The highest BCUT2D eigenvalue weighted by Gasteiger charge is 1.94. The Bertz CT molecular complexity index is 171. The van der Waals surface area contributed by atoms with Gasteiger partial charge < -0.3 is 15.9 Å². The minimum Gasteiger partial charge on any atom is -0.481 e. The van der Waals surface area contributed by atoms with E-state index in [1.807, 2.05) is 0 Å². The first-order chi connectivity index (χ1) is 7.04. The van der Waals surface area contributed by atoms with Crippen LogP contribution < -0.4 is 5.73 Å². The fraction of sp³-hybridized carbons (Fsp3) is 0.800. The topological polar surface area (TPSA) is 101 Å². The van der Waals surface area contributed by atoms with Crippen LogP contribution in [0.3, 0.4) is 0 Å². The molecule has 4 N–H and O–H groups in total. The van der Waals surface area contributed by atoms with Gasteiger partial charge >= 0.3 is 11.9 Å². The monoisotopic (exact) mass is 219 g/mol. The van der Waals surface area contributed by atoms with Gasteiger partial charge in [-0.15, -0.1) is 0 Å². The molecule has 0 heterocycles. The van der Waals surface area contributed by atoms with Crippen LogP contribution in [0.4, 0.5) is 0 Å². The number of hydrogen-bond donors (Lipinski definition) is 3. The number of hydrogen-bond acceptors (Lipinski definition) is 3. The molecule has 90 valence electrons. The molecule has 0 rings (SSSR count). The second-order valence-corrected chi connectivity index (χ2v) is 3.16. The Morgan fingerprint density at radius 3 is 1.80 bits per heavy atom. The van der Waals surface area contributed by atoms with E-state index in [0.717, 1.165) is 12.8 Å². The number of aliphatic carboxylic acids is 2. The maximum absolute atomic E-state index is 10.0. The van der Waals surface area contributed by atoms with Gasteiger partial charge in [-0.1, -0.05) is 32.6 Å². The van der Waals surface area contributed by atoms with Gasteiger partial charge in [0, 0.05) is 6.42 Å². The van der Waals surface area contributed by atoms with E-state index in [-0.39, 0.29) is 6.54 Å². The summed E-state index contributed by atoms with van der Waals surface area (Å²) in [5, 5.41) is 15.9. The number of unbranched alkanes of at least 4 members (excludes halogenated alkanes) is 4. The molecule has 5 nitrogen and oxygen atoms in total. The van der Waals surface area contributed by atoms with Gasteiger partial charge in [0.1, 0.15) is 0 Å². The lowest BCUT2D eigenvalue weighted by Gasteiger charge is -1.95. The molecular weight excluding hydrogens is 198 g/mol. The van der Waals surface area contributed by atoms with Crippen molar-refractivity contribution in [2.45, 2.75) is 45.4 Å². The highest BCUT2D eigenvalue weighted by molar-refractivity contribution is 5.68. The largest absolute Gasteiger partial charge is 0.481 e. The lowest BCUT2D eigenvalue weighted by atomic mass is 10.1. The Morgan fingerprint density at radius 1 is 1.00 bits per heavy atom. The van der Waals surface area contributed by atoms with E-state index in [4.69, 9.17) is 10.2 Å². The van der Waals surface area contributed by atoms with Gasteiger partial charge in [-0.25, -0.2) is 0 Å². The Balaban J connectivity index is 0. The summed E-state index contributed by atoms with van der Waals surface area (Å²) in [5.74, 6) is -1.64. The van der Waals surface area contributed by atoms with Gasteiger partial charge in [0.15, 0.2) is 0 Å². The summed E-state index contributed by atoms with van der Waals surface area (Å²) < 4.78 is 0. The third kappa shape index (κ3) is 24.6. The molecule has 0 spiro atoms. The van der Waals surface area contributed by atoms with Crippen LogP contribution in [0.5, 0.6) is 0 Å². The Morgan fingerprint density at radius 2 is 1.47 bits per heavy atom. The minimum atomic E-state index is -0.968. The normalized spacial score (nSPS) is 8.93. The molecule has 0 aliphatic heterocycles. The molecule has 0 aromatic carbocycles. The molecule has 0 amide bonds. The van der Waals surface area contributed by atoms with Gasteiger partial charge in [0.2, 0.25) is 0 Å². The van der Waals surface area contributed by atoms with Crippen molar-refractivity contribution in [2.75, 3.05) is 6.54 Å². The van der Waals surface area contributed by atoms with Crippen molar-refractivity contribution < 1.29 is 19.8 Å². The third-order valence-corrected chi connectivity index (χ3v) is 1.67. The Hall–Kier alpha value is -1.10. The van der Waals surface area contributed by atoms with Crippen LogP contribution in [0.15, 0.2) is 0 Å². The van der Waals surface area contributed by atoms with Crippen molar-refractivity contribution >= 4 is 11.9 Å². The van der Waals surface area contributed by atoms with E-state index in [0.29, 0.717) is 6.42 Å². The number of carbonyl (C=O) groups is 2. The van der Waals surface area contributed by atoms with E-state index in [1.165, 1.54) is 19.3 Å². The van der Waals surface area contributed by atoms with Crippen LogP contribution in [-0.4, -0.2) is 28.7 Å². The van der Waals surface area contributed by atoms with Gasteiger partial charge in [0.25, 0.3) is 0 Å². The summed E-state index contributed by atoms with van der Waals surface area (Å²) in [5.41, 5.74) is 4.57. The first-order valence-corrected chi connectivity index (χ1v) is 5.18. The van der Waals surface area contributed by atoms with Gasteiger partial charge in [-0.2, -0.15) is 0 Å². The molecule has 0 unspecified atom stereocenters.